The zero-order valence-corrected chi connectivity index (χ0v) is 17.8. The number of amides is 3. The van der Waals surface area contributed by atoms with Gasteiger partial charge in [0.2, 0.25) is 0 Å². The van der Waals surface area contributed by atoms with Crippen molar-refractivity contribution in [2.45, 2.75) is 57.7 Å². The molecule has 1 aromatic rings. The van der Waals surface area contributed by atoms with Crippen molar-refractivity contribution in [1.82, 2.24) is 15.5 Å². The molecule has 1 aliphatic heterocycles. The monoisotopic (exact) mass is 442 g/mol. The Hall–Kier alpha value is -3.00. The second-order valence-electron chi connectivity index (χ2n) is 8.65. The van der Waals surface area contributed by atoms with Crippen LogP contribution in [0, 0.1) is 11.3 Å². The van der Waals surface area contributed by atoms with Crippen LogP contribution in [0.25, 0.3) is 0 Å². The van der Waals surface area contributed by atoms with Gasteiger partial charge in [-0.2, -0.15) is 18.4 Å². The number of carbonyl (C=O) groups is 2. The van der Waals surface area contributed by atoms with Crippen LogP contribution >= 0.6 is 0 Å². The van der Waals surface area contributed by atoms with Crippen LogP contribution in [0.2, 0.25) is 0 Å². The molecule has 2 rings (SSSR count). The minimum atomic E-state index is -4.82. The lowest BCUT2D eigenvalue weighted by Gasteiger charge is -2.40. The molecule has 1 heterocycles. The predicted molar refractivity (Wildman–Crippen MR) is 104 cm³/mol. The van der Waals surface area contributed by atoms with E-state index < -0.39 is 46.3 Å². The molecule has 0 spiro atoms. The van der Waals surface area contributed by atoms with Crippen LogP contribution in [-0.4, -0.2) is 46.4 Å². The molecule has 1 saturated heterocycles. The van der Waals surface area contributed by atoms with Crippen molar-refractivity contribution in [2.24, 2.45) is 0 Å². The number of alkyl halides is 3. The van der Waals surface area contributed by atoms with Crippen LogP contribution in [0.5, 0.6) is 0 Å². The number of nitrogens with zero attached hydrogens (tertiary/aromatic N) is 2. The summed E-state index contributed by atoms with van der Waals surface area (Å²) in [5, 5.41) is 25.0. The van der Waals surface area contributed by atoms with Crippen molar-refractivity contribution < 1.29 is 32.6 Å². The lowest BCUT2D eigenvalue weighted by Crippen LogP contribution is -2.55. The number of carbonyl (C=O) groups excluding carboxylic acids is 2. The molecule has 0 saturated carbocycles. The summed E-state index contributed by atoms with van der Waals surface area (Å²) in [5.41, 5.74) is -6.31. The van der Waals surface area contributed by atoms with E-state index in [1.807, 2.05) is 0 Å². The maximum absolute atomic E-state index is 13.4. The lowest BCUT2D eigenvalue weighted by atomic mass is 9.83. The average molecular weight is 442 g/mol. The van der Waals surface area contributed by atoms with Gasteiger partial charge in [-0.3, -0.25) is 0 Å². The van der Waals surface area contributed by atoms with Gasteiger partial charge in [0.1, 0.15) is 5.60 Å². The Bertz CT molecular complexity index is 918. The molecular weight excluding hydrogens is 417 g/mol. The average Bonchev–Trinajstić information content (AvgIpc) is 2.78. The highest BCUT2D eigenvalue weighted by Crippen LogP contribution is 2.42. The van der Waals surface area contributed by atoms with Crippen LogP contribution in [0.3, 0.4) is 0 Å². The molecule has 1 unspecified atom stereocenters. The number of rotatable bonds is 4. The number of nitriles is 1. The summed E-state index contributed by atoms with van der Waals surface area (Å²) in [6, 6.07) is 3.52. The van der Waals surface area contributed by atoms with E-state index in [9.17, 15) is 27.9 Å². The van der Waals surface area contributed by atoms with E-state index in [0.717, 1.165) is 12.1 Å². The van der Waals surface area contributed by atoms with E-state index >= 15 is 0 Å². The van der Waals surface area contributed by atoms with Crippen LogP contribution < -0.4 is 10.6 Å². The topological polar surface area (TPSA) is 115 Å². The Labute approximate surface area is 178 Å². The summed E-state index contributed by atoms with van der Waals surface area (Å²) in [7, 11) is 0. The smallest absolute Gasteiger partial charge is 0.417 e. The van der Waals surface area contributed by atoms with Crippen LogP contribution in [-0.2, 0) is 16.6 Å². The Balaban J connectivity index is 2.27. The van der Waals surface area contributed by atoms with E-state index in [2.05, 4.69) is 10.6 Å². The highest BCUT2D eigenvalue weighted by atomic mass is 19.4. The van der Waals surface area contributed by atoms with Gasteiger partial charge in [0.25, 0.3) is 0 Å². The Morgan fingerprint density at radius 1 is 1.32 bits per heavy atom. The van der Waals surface area contributed by atoms with Crippen molar-refractivity contribution >= 4 is 12.1 Å². The Kier molecular flexibility index (Phi) is 6.20. The zero-order valence-electron chi connectivity index (χ0n) is 17.8. The van der Waals surface area contributed by atoms with Crippen LogP contribution in [0.4, 0.5) is 22.8 Å². The normalized spacial score (nSPS) is 20.8. The van der Waals surface area contributed by atoms with E-state index in [1.165, 1.54) is 24.8 Å². The van der Waals surface area contributed by atoms with Crippen molar-refractivity contribution in [3.8, 4) is 6.07 Å². The maximum Gasteiger partial charge on any atom is 0.417 e. The van der Waals surface area contributed by atoms with Crippen LogP contribution in [0.15, 0.2) is 18.2 Å². The molecule has 8 nitrogen and oxygen atoms in total. The van der Waals surface area contributed by atoms with E-state index in [0.29, 0.717) is 6.07 Å². The van der Waals surface area contributed by atoms with E-state index in [1.54, 1.807) is 20.8 Å². The second-order valence-corrected chi connectivity index (χ2v) is 8.65. The second kappa shape index (κ2) is 7.92. The number of aliphatic hydroxyl groups is 1. The number of halogens is 3. The molecule has 3 N–H and O–H groups in total. The van der Waals surface area contributed by atoms with Gasteiger partial charge in [0.05, 0.1) is 22.7 Å². The minimum absolute atomic E-state index is 0.0109. The SMILES string of the molecule is CC(C)(C)OC(=O)NCCN1C(=O)NC(O)(c2ccc(C#N)c(C(F)(F)F)c2)C1(C)C. The molecule has 1 aromatic carbocycles. The third-order valence-corrected chi connectivity index (χ3v) is 4.96. The van der Waals surface area contributed by atoms with Gasteiger partial charge in [0, 0.05) is 18.7 Å². The largest absolute Gasteiger partial charge is 0.444 e. The molecule has 0 aliphatic carbocycles. The summed E-state index contributed by atoms with van der Waals surface area (Å²) in [6.07, 6.45) is -5.51. The van der Waals surface area contributed by atoms with Gasteiger partial charge in [-0.15, -0.1) is 0 Å². The van der Waals surface area contributed by atoms with Crippen molar-refractivity contribution in [3.05, 3.63) is 34.9 Å². The molecule has 0 aromatic heterocycles. The zero-order chi connectivity index (χ0) is 23.8. The van der Waals surface area contributed by atoms with Gasteiger partial charge >= 0.3 is 18.3 Å². The van der Waals surface area contributed by atoms with E-state index in [4.69, 9.17) is 10.00 Å². The van der Waals surface area contributed by atoms with Gasteiger partial charge < -0.3 is 25.4 Å². The first-order valence-corrected chi connectivity index (χ1v) is 9.44. The standard InChI is InChI=1S/C20H25F3N4O4/c1-17(2,3)31-16(29)25-8-9-27-15(28)26-19(30,18(27,4)5)13-7-6-12(11-24)14(10-13)20(21,22)23/h6-7,10,30H,8-9H2,1-5H3,(H,25,29)(H,26,28). The van der Waals surface area contributed by atoms with Crippen molar-refractivity contribution in [2.75, 3.05) is 13.1 Å². The number of alkyl carbamates (subject to hydrolysis) is 1. The van der Waals surface area contributed by atoms with Crippen LogP contribution in [0.1, 0.15) is 51.3 Å². The summed E-state index contributed by atoms with van der Waals surface area (Å²) < 4.78 is 45.2. The maximum atomic E-state index is 13.4. The molecule has 1 atom stereocenters. The summed E-state index contributed by atoms with van der Waals surface area (Å²) in [4.78, 5) is 25.5. The third kappa shape index (κ3) is 4.85. The quantitative estimate of drug-likeness (QED) is 0.663. The third-order valence-electron chi connectivity index (χ3n) is 4.96. The summed E-state index contributed by atoms with van der Waals surface area (Å²) in [5.74, 6) is 0. The number of urea groups is 1. The fourth-order valence-electron chi connectivity index (χ4n) is 3.32. The number of hydrogen-bond donors (Lipinski definition) is 3. The Morgan fingerprint density at radius 3 is 2.45 bits per heavy atom. The van der Waals surface area contributed by atoms with Gasteiger partial charge in [-0.1, -0.05) is 6.07 Å². The summed E-state index contributed by atoms with van der Waals surface area (Å²) >= 11 is 0. The fraction of sp³-hybridized carbons (Fsp3) is 0.550. The molecule has 170 valence electrons. The molecule has 1 fully saturated rings. The molecule has 31 heavy (non-hydrogen) atoms. The molecule has 1 aliphatic rings. The predicted octanol–water partition coefficient (Wildman–Crippen LogP) is 3.05. The van der Waals surface area contributed by atoms with E-state index in [-0.39, 0.29) is 18.7 Å². The van der Waals surface area contributed by atoms with Gasteiger partial charge in [0.15, 0.2) is 5.72 Å². The highest BCUT2D eigenvalue weighted by Gasteiger charge is 2.58. The lowest BCUT2D eigenvalue weighted by molar-refractivity contribution is -0.138. The molecule has 0 radical (unpaired) electrons. The molecule has 3 amide bonds. The van der Waals surface area contributed by atoms with Gasteiger partial charge in [-0.05, 0) is 46.8 Å². The molecule has 0 bridgehead atoms. The first-order valence-electron chi connectivity index (χ1n) is 9.44. The van der Waals surface area contributed by atoms with Crippen molar-refractivity contribution in [1.29, 1.82) is 5.26 Å². The van der Waals surface area contributed by atoms with Gasteiger partial charge in [-0.25, -0.2) is 9.59 Å². The minimum Gasteiger partial charge on any atom is -0.444 e. The molecule has 11 heteroatoms. The number of benzene rings is 1. The molecular formula is C20H25F3N4O4. The summed E-state index contributed by atoms with van der Waals surface area (Å²) in [6.45, 7) is 7.98. The Morgan fingerprint density at radius 2 is 1.94 bits per heavy atom. The number of ether oxygens (including phenoxy) is 1. The van der Waals surface area contributed by atoms with Crippen molar-refractivity contribution in [3.63, 3.8) is 0 Å². The number of nitrogens with one attached hydrogen (secondary N) is 2. The first-order chi connectivity index (χ1) is 14.0. The highest BCUT2D eigenvalue weighted by molar-refractivity contribution is 5.80. The number of hydrogen-bond acceptors (Lipinski definition) is 5. The first kappa shape index (κ1) is 24.3. The fourth-order valence-corrected chi connectivity index (χ4v) is 3.32.